The Morgan fingerprint density at radius 3 is 2.46 bits per heavy atom. The molecule has 0 saturated carbocycles. The summed E-state index contributed by atoms with van der Waals surface area (Å²) in [4.78, 5) is 0. The second-order valence-electron chi connectivity index (χ2n) is 4.30. The van der Waals surface area contributed by atoms with Crippen LogP contribution in [0.3, 0.4) is 0 Å². The molecule has 0 aliphatic rings. The molecule has 13 heavy (non-hydrogen) atoms. The molecule has 0 amide bonds. The quantitative estimate of drug-likeness (QED) is 0.548. The summed E-state index contributed by atoms with van der Waals surface area (Å²) in [5, 5.41) is 0. The van der Waals surface area contributed by atoms with Crippen molar-refractivity contribution in [1.29, 1.82) is 0 Å². The third-order valence-corrected chi connectivity index (χ3v) is 4.25. The molecule has 0 nitrogen and oxygen atoms in total. The van der Waals surface area contributed by atoms with Crippen LogP contribution in [-0.2, 0) is 0 Å². The summed E-state index contributed by atoms with van der Waals surface area (Å²) in [5.41, 5.74) is 3.57. The molecule has 0 radical (unpaired) electrons. The van der Waals surface area contributed by atoms with Gasteiger partial charge in [0.2, 0.25) is 0 Å². The van der Waals surface area contributed by atoms with Crippen LogP contribution in [0.1, 0.15) is 59.8 Å². The van der Waals surface area contributed by atoms with E-state index in [0.29, 0.717) is 9.13 Å². The van der Waals surface area contributed by atoms with E-state index >= 15 is 0 Å². The normalized spacial score (nSPS) is 16.3. The minimum atomic E-state index is 0.612. The minimum Gasteiger partial charge on any atom is -0.106 e. The third-order valence-electron chi connectivity index (χ3n) is 2.71. The lowest BCUT2D eigenvalue weighted by molar-refractivity contribution is 0.593. The van der Waals surface area contributed by atoms with E-state index in [1.165, 1.54) is 32.1 Å². The molecule has 0 saturated heterocycles. The van der Waals surface area contributed by atoms with E-state index in [0.717, 1.165) is 11.5 Å². The van der Waals surface area contributed by atoms with E-state index in [2.05, 4.69) is 33.4 Å². The molecule has 2 atom stereocenters. The van der Waals surface area contributed by atoms with Crippen molar-refractivity contribution in [3.8, 4) is 0 Å². The first-order valence-electron chi connectivity index (χ1n) is 5.87. The lowest BCUT2D eigenvalue weighted by Gasteiger charge is -2.06. The average Bonchev–Trinajstić information content (AvgIpc) is 2.14. The van der Waals surface area contributed by atoms with E-state index in [1.807, 2.05) is 0 Å². The molecule has 0 aliphatic heterocycles. The summed E-state index contributed by atoms with van der Waals surface area (Å²) in [6.45, 7) is 9.34. The average molecular weight is 198 g/mol. The molecule has 0 spiro atoms. The molecule has 78 valence electrons. The zero-order chi connectivity index (χ0) is 10.1. The van der Waals surface area contributed by atoms with Crippen LogP contribution in [0.15, 0.2) is 0 Å². The SMILES string of the molecule is CCCCC(C)[SiH]=CCC(C)CC. The highest BCUT2D eigenvalue weighted by Crippen LogP contribution is 2.10. The fourth-order valence-corrected chi connectivity index (χ4v) is 2.85. The lowest BCUT2D eigenvalue weighted by Crippen LogP contribution is -1.99. The van der Waals surface area contributed by atoms with Gasteiger partial charge in [0, 0.05) is 0 Å². The maximum Gasteiger partial charge on any atom is -0.00888 e. The van der Waals surface area contributed by atoms with Crippen molar-refractivity contribution in [2.24, 2.45) is 5.92 Å². The number of unbranched alkanes of at least 4 members (excludes halogenated alkanes) is 1. The molecule has 0 bridgehead atoms. The van der Waals surface area contributed by atoms with E-state index < -0.39 is 0 Å². The van der Waals surface area contributed by atoms with Gasteiger partial charge in [-0.25, -0.2) is 0 Å². The van der Waals surface area contributed by atoms with Gasteiger partial charge in [-0.1, -0.05) is 53.4 Å². The van der Waals surface area contributed by atoms with Crippen molar-refractivity contribution < 1.29 is 0 Å². The van der Waals surface area contributed by atoms with Gasteiger partial charge in [-0.05, 0) is 27.0 Å². The summed E-state index contributed by atoms with van der Waals surface area (Å²) >= 11 is 0. The first-order chi connectivity index (χ1) is 6.20. The molecule has 0 N–H and O–H groups in total. The largest absolute Gasteiger partial charge is 0.106 e. The smallest absolute Gasteiger partial charge is 0.00888 e. The van der Waals surface area contributed by atoms with Crippen LogP contribution >= 0.6 is 0 Å². The lowest BCUT2D eigenvalue weighted by atomic mass is 10.1. The van der Waals surface area contributed by atoms with Gasteiger partial charge in [-0.3, -0.25) is 0 Å². The molecule has 0 aromatic carbocycles. The van der Waals surface area contributed by atoms with Crippen molar-refractivity contribution in [2.45, 2.75) is 65.3 Å². The van der Waals surface area contributed by atoms with Crippen molar-refractivity contribution >= 4 is 14.8 Å². The number of hydrogen-bond acceptors (Lipinski definition) is 0. The standard InChI is InChI=1S/C12H26Si/c1-5-7-8-12(4)13-10-9-11(3)6-2/h10-13H,5-9H2,1-4H3. The van der Waals surface area contributed by atoms with Gasteiger partial charge in [0.25, 0.3) is 0 Å². The molecule has 1 heteroatoms. The first-order valence-corrected chi connectivity index (χ1v) is 7.20. The monoisotopic (exact) mass is 198 g/mol. The Kier molecular flexibility index (Phi) is 8.73. The topological polar surface area (TPSA) is 0 Å². The van der Waals surface area contributed by atoms with Crippen LogP contribution < -0.4 is 0 Å². The van der Waals surface area contributed by atoms with Crippen molar-refractivity contribution in [1.82, 2.24) is 0 Å². The van der Waals surface area contributed by atoms with Crippen molar-refractivity contribution in [2.75, 3.05) is 0 Å². The molecule has 2 unspecified atom stereocenters. The van der Waals surface area contributed by atoms with Crippen LogP contribution in [-0.4, -0.2) is 14.8 Å². The van der Waals surface area contributed by atoms with Crippen molar-refractivity contribution in [3.05, 3.63) is 0 Å². The Hall–Kier alpha value is 0.0869. The summed E-state index contributed by atoms with van der Waals surface area (Å²) in [5.74, 6) is 0.908. The predicted octanol–water partition coefficient (Wildman–Crippen LogP) is 3.66. The molecule has 0 aliphatic carbocycles. The fourth-order valence-electron chi connectivity index (χ4n) is 1.33. The highest BCUT2D eigenvalue weighted by Gasteiger charge is 1.97. The number of hydrogen-bond donors (Lipinski definition) is 0. The molecule has 0 aromatic heterocycles. The van der Waals surface area contributed by atoms with Crippen LogP contribution in [0, 0.1) is 5.92 Å². The predicted molar refractivity (Wildman–Crippen MR) is 66.2 cm³/mol. The Morgan fingerprint density at radius 2 is 1.92 bits per heavy atom. The van der Waals surface area contributed by atoms with Gasteiger partial charge >= 0.3 is 0 Å². The van der Waals surface area contributed by atoms with Crippen LogP contribution in [0.5, 0.6) is 0 Å². The van der Waals surface area contributed by atoms with E-state index in [-0.39, 0.29) is 0 Å². The van der Waals surface area contributed by atoms with E-state index in [1.54, 1.807) is 0 Å². The Bertz CT molecular complexity index is 129. The third kappa shape index (κ3) is 8.42. The van der Waals surface area contributed by atoms with Gasteiger partial charge < -0.3 is 0 Å². The summed E-state index contributed by atoms with van der Waals surface area (Å²) in [7, 11) is 0.612. The fraction of sp³-hybridized carbons (Fsp3) is 0.917. The molecular formula is C12H26Si. The molecule has 0 rings (SSSR count). The van der Waals surface area contributed by atoms with Crippen LogP contribution in [0.4, 0.5) is 0 Å². The van der Waals surface area contributed by atoms with Crippen LogP contribution in [0.2, 0.25) is 5.54 Å². The second kappa shape index (κ2) is 8.67. The second-order valence-corrected chi connectivity index (χ2v) is 6.29. The van der Waals surface area contributed by atoms with Crippen LogP contribution in [0.25, 0.3) is 0 Å². The Morgan fingerprint density at radius 1 is 1.23 bits per heavy atom. The molecule has 0 aromatic rings. The van der Waals surface area contributed by atoms with Gasteiger partial charge in [0.15, 0.2) is 0 Å². The molecule has 0 fully saturated rings. The van der Waals surface area contributed by atoms with E-state index in [9.17, 15) is 0 Å². The number of rotatable bonds is 7. The highest BCUT2D eigenvalue weighted by atomic mass is 28.2. The molecular weight excluding hydrogens is 172 g/mol. The minimum absolute atomic E-state index is 0.612. The Balaban J connectivity index is 3.46. The first kappa shape index (κ1) is 13.1. The zero-order valence-electron chi connectivity index (χ0n) is 9.84. The van der Waals surface area contributed by atoms with Gasteiger partial charge in [0.05, 0.1) is 0 Å². The highest BCUT2D eigenvalue weighted by molar-refractivity contribution is 6.48. The Labute approximate surface area is 86.6 Å². The summed E-state index contributed by atoms with van der Waals surface area (Å²) in [6, 6.07) is 0. The summed E-state index contributed by atoms with van der Waals surface area (Å²) in [6.07, 6.45) is 6.91. The van der Waals surface area contributed by atoms with Gasteiger partial charge in [0.1, 0.15) is 0 Å². The summed E-state index contributed by atoms with van der Waals surface area (Å²) < 4.78 is 0. The van der Waals surface area contributed by atoms with Gasteiger partial charge in [-0.15, -0.1) is 5.67 Å². The van der Waals surface area contributed by atoms with E-state index in [4.69, 9.17) is 0 Å². The van der Waals surface area contributed by atoms with Gasteiger partial charge in [-0.2, -0.15) is 0 Å². The zero-order valence-corrected chi connectivity index (χ0v) is 11.0. The molecule has 0 heterocycles. The maximum atomic E-state index is 2.58. The maximum absolute atomic E-state index is 2.58. The van der Waals surface area contributed by atoms with Crippen molar-refractivity contribution in [3.63, 3.8) is 0 Å².